The molecule has 0 aliphatic heterocycles. The number of hydrogen-bond donors (Lipinski definition) is 1. The third-order valence-electron chi connectivity index (χ3n) is 2.48. The van der Waals surface area contributed by atoms with Gasteiger partial charge in [-0.1, -0.05) is 24.8 Å². The highest BCUT2D eigenvalue weighted by atomic mass is 32.2. The molecule has 0 aliphatic rings. The van der Waals surface area contributed by atoms with Gasteiger partial charge >= 0.3 is 5.03 Å². The van der Waals surface area contributed by atoms with Gasteiger partial charge in [0.05, 0.1) is 9.95 Å². The van der Waals surface area contributed by atoms with Gasteiger partial charge in [0.2, 0.25) is 0 Å². The van der Waals surface area contributed by atoms with Crippen LogP contribution in [0.1, 0.15) is 22.8 Å². The number of nitrogens with one attached hydrogen (secondary N) is 1. The van der Waals surface area contributed by atoms with Crippen molar-refractivity contribution in [2.45, 2.75) is 13.5 Å². The summed E-state index contributed by atoms with van der Waals surface area (Å²) in [6.07, 6.45) is 1.31. The van der Waals surface area contributed by atoms with Crippen LogP contribution in [-0.4, -0.2) is 17.3 Å². The largest absolute Gasteiger partial charge is 0.463 e. The minimum Gasteiger partial charge on any atom is -0.463 e. The molecule has 116 valence electrons. The Bertz CT molecular complexity index is 627. The van der Waals surface area contributed by atoms with Gasteiger partial charge in [-0.15, -0.1) is 0 Å². The molecule has 7 nitrogen and oxygen atoms in total. The second kappa shape index (κ2) is 8.63. The van der Waals surface area contributed by atoms with Gasteiger partial charge in [0.1, 0.15) is 6.61 Å². The molecule has 1 aromatic carbocycles. The highest BCUT2D eigenvalue weighted by molar-refractivity contribution is 8.06. The predicted molar refractivity (Wildman–Crippen MR) is 82.2 cm³/mol. The molecule has 0 aromatic heterocycles. The zero-order valence-corrected chi connectivity index (χ0v) is 12.6. The highest BCUT2D eigenvalue weighted by Gasteiger charge is 2.16. The number of carbonyl (C=O) groups is 2. The molecule has 0 aliphatic carbocycles. The SMILES string of the molecule is C=C(NC(=O)c1ccccc1COC=O)S/C(=C\C)[N+](=O)[O-]. The second-order valence-electron chi connectivity index (χ2n) is 3.93. The van der Waals surface area contributed by atoms with Crippen LogP contribution in [-0.2, 0) is 16.1 Å². The first-order valence-corrected chi connectivity index (χ1v) is 6.93. The van der Waals surface area contributed by atoms with Crippen LogP contribution in [0.4, 0.5) is 0 Å². The summed E-state index contributed by atoms with van der Waals surface area (Å²) in [5.41, 5.74) is 0.819. The molecule has 1 N–H and O–H groups in total. The first-order valence-electron chi connectivity index (χ1n) is 6.11. The van der Waals surface area contributed by atoms with E-state index in [1.807, 2.05) is 0 Å². The van der Waals surface area contributed by atoms with Gasteiger partial charge in [0, 0.05) is 22.9 Å². The van der Waals surface area contributed by atoms with Gasteiger partial charge in [-0.2, -0.15) is 0 Å². The number of benzene rings is 1. The maximum absolute atomic E-state index is 12.2. The van der Waals surface area contributed by atoms with Gasteiger partial charge in [-0.3, -0.25) is 19.7 Å². The zero-order chi connectivity index (χ0) is 16.5. The molecule has 0 unspecified atom stereocenters. The van der Waals surface area contributed by atoms with E-state index in [-0.39, 0.29) is 16.7 Å². The molecule has 1 amide bonds. The first kappa shape index (κ1) is 17.4. The average Bonchev–Trinajstić information content (AvgIpc) is 2.50. The third-order valence-corrected chi connectivity index (χ3v) is 3.42. The molecule has 0 radical (unpaired) electrons. The number of thioether (sulfide) groups is 1. The molecule has 0 spiro atoms. The number of nitro groups is 1. The van der Waals surface area contributed by atoms with Crippen LogP contribution in [0.5, 0.6) is 0 Å². The number of nitrogens with zero attached hydrogens (tertiary/aromatic N) is 1. The fraction of sp³-hybridized carbons (Fsp3) is 0.143. The lowest BCUT2D eigenvalue weighted by molar-refractivity contribution is -0.410. The Morgan fingerprint density at radius 2 is 2.18 bits per heavy atom. The Morgan fingerprint density at radius 3 is 2.77 bits per heavy atom. The van der Waals surface area contributed by atoms with E-state index < -0.39 is 10.8 Å². The summed E-state index contributed by atoms with van der Waals surface area (Å²) in [4.78, 5) is 32.6. The molecule has 1 aromatic rings. The molecule has 22 heavy (non-hydrogen) atoms. The summed E-state index contributed by atoms with van der Waals surface area (Å²) in [5, 5.41) is 13.2. The van der Waals surface area contributed by atoms with E-state index in [1.165, 1.54) is 13.0 Å². The lowest BCUT2D eigenvalue weighted by Crippen LogP contribution is -2.22. The number of amides is 1. The Morgan fingerprint density at radius 1 is 1.50 bits per heavy atom. The summed E-state index contributed by atoms with van der Waals surface area (Å²) in [7, 11) is 0. The monoisotopic (exact) mass is 322 g/mol. The van der Waals surface area contributed by atoms with E-state index in [4.69, 9.17) is 0 Å². The topological polar surface area (TPSA) is 98.5 Å². The van der Waals surface area contributed by atoms with Crippen LogP contribution in [0.2, 0.25) is 0 Å². The van der Waals surface area contributed by atoms with Crippen molar-refractivity contribution in [2.75, 3.05) is 0 Å². The van der Waals surface area contributed by atoms with Gasteiger partial charge in [0.25, 0.3) is 12.4 Å². The fourth-order valence-electron chi connectivity index (χ4n) is 1.54. The molecule has 0 fully saturated rings. The smallest absolute Gasteiger partial charge is 0.305 e. The van der Waals surface area contributed by atoms with E-state index in [2.05, 4.69) is 16.6 Å². The Labute approximate surface area is 131 Å². The fourth-order valence-corrected chi connectivity index (χ4v) is 2.13. The molecule has 0 saturated carbocycles. The zero-order valence-electron chi connectivity index (χ0n) is 11.8. The van der Waals surface area contributed by atoms with Crippen LogP contribution in [0.3, 0.4) is 0 Å². The molecule has 0 heterocycles. The van der Waals surface area contributed by atoms with Crippen molar-refractivity contribution in [1.29, 1.82) is 0 Å². The summed E-state index contributed by atoms with van der Waals surface area (Å²) < 4.78 is 4.64. The first-order chi connectivity index (χ1) is 10.5. The molecule has 0 atom stereocenters. The Balaban J connectivity index is 2.79. The van der Waals surface area contributed by atoms with Crippen molar-refractivity contribution in [3.8, 4) is 0 Å². The average molecular weight is 322 g/mol. The standard InChI is InChI=1S/C14H14N2O5S/c1-3-13(16(19)20)22-10(2)15-14(18)12-7-5-4-6-11(12)8-21-9-17/h3-7,9H,2,8H2,1H3,(H,15,18)/b13-3-. The number of allylic oxidation sites excluding steroid dienone is 1. The summed E-state index contributed by atoms with van der Waals surface area (Å²) >= 11 is 0.748. The molecular weight excluding hydrogens is 308 g/mol. The van der Waals surface area contributed by atoms with Gasteiger partial charge in [0.15, 0.2) is 0 Å². The van der Waals surface area contributed by atoms with Crippen molar-refractivity contribution in [3.63, 3.8) is 0 Å². The number of ether oxygens (including phenoxy) is 1. The quantitative estimate of drug-likeness (QED) is 0.448. The Kier molecular flexibility index (Phi) is 6.84. The summed E-state index contributed by atoms with van der Waals surface area (Å²) in [6.45, 7) is 5.35. The lowest BCUT2D eigenvalue weighted by Gasteiger charge is -2.10. The number of hydrogen-bond acceptors (Lipinski definition) is 6. The van der Waals surface area contributed by atoms with E-state index in [0.717, 1.165) is 11.8 Å². The van der Waals surface area contributed by atoms with E-state index in [1.54, 1.807) is 24.3 Å². The van der Waals surface area contributed by atoms with Gasteiger partial charge in [-0.25, -0.2) is 0 Å². The van der Waals surface area contributed by atoms with Crippen LogP contribution in [0.25, 0.3) is 0 Å². The van der Waals surface area contributed by atoms with E-state index in [9.17, 15) is 19.7 Å². The highest BCUT2D eigenvalue weighted by Crippen LogP contribution is 2.22. The predicted octanol–water partition coefficient (Wildman–Crippen LogP) is 2.43. The maximum atomic E-state index is 12.2. The number of carbonyl (C=O) groups excluding carboxylic acids is 2. The van der Waals surface area contributed by atoms with Crippen LogP contribution >= 0.6 is 11.8 Å². The summed E-state index contributed by atoms with van der Waals surface area (Å²) in [6, 6.07) is 6.56. The van der Waals surface area contributed by atoms with Crippen molar-refractivity contribution in [2.24, 2.45) is 0 Å². The van der Waals surface area contributed by atoms with Crippen LogP contribution in [0, 0.1) is 10.1 Å². The summed E-state index contributed by atoms with van der Waals surface area (Å²) in [5.74, 6) is -0.485. The lowest BCUT2D eigenvalue weighted by atomic mass is 10.1. The van der Waals surface area contributed by atoms with E-state index in [0.29, 0.717) is 17.6 Å². The van der Waals surface area contributed by atoms with Crippen molar-refractivity contribution >= 4 is 24.1 Å². The molecule has 0 saturated heterocycles. The normalized spacial score (nSPS) is 10.7. The maximum Gasteiger partial charge on any atom is 0.305 e. The Hall–Kier alpha value is -2.61. The number of rotatable bonds is 8. The molecular formula is C14H14N2O5S. The van der Waals surface area contributed by atoms with Crippen LogP contribution in [0.15, 0.2) is 47.0 Å². The second-order valence-corrected chi connectivity index (χ2v) is 5.04. The van der Waals surface area contributed by atoms with E-state index >= 15 is 0 Å². The minimum absolute atomic E-state index is 0.0400. The van der Waals surface area contributed by atoms with Crippen molar-refractivity contribution in [1.82, 2.24) is 5.32 Å². The minimum atomic E-state index is -0.562. The molecule has 8 heteroatoms. The van der Waals surface area contributed by atoms with Crippen molar-refractivity contribution in [3.05, 3.63) is 68.2 Å². The molecule has 0 bridgehead atoms. The van der Waals surface area contributed by atoms with Gasteiger partial charge in [-0.05, 0) is 19.1 Å². The van der Waals surface area contributed by atoms with Crippen LogP contribution < -0.4 is 5.32 Å². The molecule has 1 rings (SSSR count). The van der Waals surface area contributed by atoms with Crippen molar-refractivity contribution < 1.29 is 19.2 Å². The third kappa shape index (κ3) is 5.06. The van der Waals surface area contributed by atoms with Gasteiger partial charge < -0.3 is 10.1 Å².